The van der Waals surface area contributed by atoms with Crippen molar-refractivity contribution in [2.45, 2.75) is 13.3 Å². The molecule has 0 aromatic heterocycles. The van der Waals surface area contributed by atoms with E-state index in [1.807, 2.05) is 0 Å². The summed E-state index contributed by atoms with van der Waals surface area (Å²) in [7, 11) is -10.7. The largest absolute Gasteiger partial charge is 1.00 e. The second kappa shape index (κ2) is 4.47. The van der Waals surface area contributed by atoms with Crippen LogP contribution in [0.1, 0.15) is 14.8 Å². The van der Waals surface area contributed by atoms with Gasteiger partial charge in [0.05, 0.1) is 5.41 Å². The molecule has 0 fully saturated rings. The van der Waals surface area contributed by atoms with Crippen molar-refractivity contribution in [2.24, 2.45) is 5.41 Å². The van der Waals surface area contributed by atoms with Gasteiger partial charge >= 0.3 is 46.4 Å². The van der Waals surface area contributed by atoms with Crippen LogP contribution in [0.5, 0.6) is 0 Å². The summed E-state index contributed by atoms with van der Waals surface area (Å²) in [6.07, 6.45) is 4.43. The SMILES string of the molecule is CC1(C(=O)O)C=CC=C(C(=O)O)C1.F[P-](F)(F)(F)(F)F.[H+]. The normalized spacial score (nSPS) is 25.4. The Morgan fingerprint density at radius 2 is 1.60 bits per heavy atom. The quantitative estimate of drug-likeness (QED) is 0.576. The van der Waals surface area contributed by atoms with E-state index in [9.17, 15) is 34.8 Å². The van der Waals surface area contributed by atoms with E-state index < -0.39 is 25.2 Å². The Balaban J connectivity index is 0. The van der Waals surface area contributed by atoms with Crippen LogP contribution in [0.25, 0.3) is 0 Å². The third-order valence-corrected chi connectivity index (χ3v) is 2.08. The molecule has 0 aliphatic heterocycles. The molecule has 0 aromatic carbocycles. The summed E-state index contributed by atoms with van der Waals surface area (Å²) in [5, 5.41) is 17.5. The van der Waals surface area contributed by atoms with E-state index in [2.05, 4.69) is 0 Å². The fourth-order valence-corrected chi connectivity index (χ4v) is 1.18. The minimum atomic E-state index is -10.7. The van der Waals surface area contributed by atoms with Gasteiger partial charge in [0.1, 0.15) is 0 Å². The molecule has 1 aliphatic carbocycles. The van der Waals surface area contributed by atoms with Crippen LogP contribution in [-0.4, -0.2) is 22.2 Å². The van der Waals surface area contributed by atoms with E-state index in [1.165, 1.54) is 25.2 Å². The van der Waals surface area contributed by atoms with Gasteiger partial charge in [-0.2, -0.15) is 0 Å². The maximum atomic E-state index is 10.8. The number of hydrogen-bond donors (Lipinski definition) is 2. The summed E-state index contributed by atoms with van der Waals surface area (Å²) in [5.74, 6) is -2.06. The van der Waals surface area contributed by atoms with Crippen LogP contribution in [0.3, 0.4) is 0 Å². The molecule has 0 saturated carbocycles. The molecule has 118 valence electrons. The molecule has 0 aromatic rings. The second-order valence-corrected chi connectivity index (χ2v) is 6.13. The van der Waals surface area contributed by atoms with Crippen LogP contribution in [-0.2, 0) is 9.59 Å². The van der Waals surface area contributed by atoms with Crippen LogP contribution in [0.15, 0.2) is 23.8 Å². The molecule has 4 nitrogen and oxygen atoms in total. The van der Waals surface area contributed by atoms with E-state index in [0.29, 0.717) is 0 Å². The first-order valence-electron chi connectivity index (χ1n) is 4.82. The zero-order chi connectivity index (χ0) is 16.5. The number of hydrogen-bond acceptors (Lipinski definition) is 2. The van der Waals surface area contributed by atoms with Crippen molar-refractivity contribution in [1.82, 2.24) is 0 Å². The minimum Gasteiger partial charge on any atom is 1.00 e. The van der Waals surface area contributed by atoms with E-state index in [-0.39, 0.29) is 13.4 Å². The Labute approximate surface area is 110 Å². The van der Waals surface area contributed by atoms with Crippen molar-refractivity contribution in [2.75, 3.05) is 0 Å². The fraction of sp³-hybridized carbons (Fsp3) is 0.333. The van der Waals surface area contributed by atoms with E-state index in [1.54, 1.807) is 0 Å². The minimum absolute atomic E-state index is 0. The predicted octanol–water partition coefficient (Wildman–Crippen LogP) is 4.54. The molecule has 1 aliphatic rings. The van der Waals surface area contributed by atoms with Gasteiger partial charge in [-0.1, -0.05) is 18.2 Å². The van der Waals surface area contributed by atoms with Gasteiger partial charge in [-0.3, -0.25) is 4.79 Å². The molecule has 1 rings (SSSR count). The van der Waals surface area contributed by atoms with Crippen LogP contribution in [0, 0.1) is 5.41 Å². The Kier molecular flexibility index (Phi) is 4.12. The third kappa shape index (κ3) is 9.37. The first kappa shape index (κ1) is 18.4. The van der Waals surface area contributed by atoms with Crippen molar-refractivity contribution in [3.8, 4) is 0 Å². The zero-order valence-corrected chi connectivity index (χ0v) is 10.8. The van der Waals surface area contributed by atoms with Crippen molar-refractivity contribution < 1.29 is 46.4 Å². The molecule has 0 amide bonds. The van der Waals surface area contributed by atoms with Gasteiger partial charge in [0.25, 0.3) is 0 Å². The average molecular weight is 328 g/mol. The Morgan fingerprint density at radius 1 is 1.20 bits per heavy atom. The number of carboxylic acids is 2. The smallest absolute Gasteiger partial charge is 1.00 e. The monoisotopic (exact) mass is 328 g/mol. The second-order valence-electron chi connectivity index (χ2n) is 4.21. The first-order valence-corrected chi connectivity index (χ1v) is 6.85. The fourth-order valence-electron chi connectivity index (χ4n) is 1.18. The van der Waals surface area contributed by atoms with Gasteiger partial charge in [-0.15, -0.1) is 0 Å². The summed E-state index contributed by atoms with van der Waals surface area (Å²) in [5.41, 5.74) is -0.949. The summed E-state index contributed by atoms with van der Waals surface area (Å²) in [4.78, 5) is 21.3. The number of halogens is 6. The molecular formula is C9H11F6O4P. The topological polar surface area (TPSA) is 74.6 Å². The summed E-state index contributed by atoms with van der Waals surface area (Å²) >= 11 is 0. The van der Waals surface area contributed by atoms with E-state index >= 15 is 0 Å². The van der Waals surface area contributed by atoms with Crippen molar-refractivity contribution >= 4 is 19.7 Å². The molecule has 1 atom stereocenters. The number of carbonyl (C=O) groups is 2. The molecule has 0 saturated heterocycles. The molecule has 0 radical (unpaired) electrons. The molecule has 1 unspecified atom stereocenters. The maximum absolute atomic E-state index is 10.8. The first-order chi connectivity index (χ1) is 8.40. The molecule has 0 spiro atoms. The average Bonchev–Trinajstić information content (AvgIpc) is 2.12. The molecule has 0 bridgehead atoms. The maximum Gasteiger partial charge on any atom is 1.00 e. The summed E-state index contributed by atoms with van der Waals surface area (Å²) in [6, 6.07) is 0. The van der Waals surface area contributed by atoms with Crippen molar-refractivity contribution in [3.05, 3.63) is 23.8 Å². The van der Waals surface area contributed by atoms with Gasteiger partial charge in [0.15, 0.2) is 0 Å². The van der Waals surface area contributed by atoms with Crippen LogP contribution in [0.2, 0.25) is 0 Å². The standard InChI is InChI=1S/C9H10O4.F6P/c1-9(8(12)13)4-2-3-6(5-9)7(10)11;1-7(2,3,4,5)6/h2-4H,5H2,1H3,(H,10,11)(H,12,13);/q;-1/p+1. The molecule has 20 heavy (non-hydrogen) atoms. The zero-order valence-electron chi connectivity index (χ0n) is 10.9. The number of allylic oxidation sites excluding steroid dienone is 2. The van der Waals surface area contributed by atoms with Crippen LogP contribution in [0.4, 0.5) is 25.2 Å². The van der Waals surface area contributed by atoms with Gasteiger partial charge in [0.2, 0.25) is 0 Å². The molecular weight excluding hydrogens is 317 g/mol. The van der Waals surface area contributed by atoms with E-state index in [4.69, 9.17) is 10.2 Å². The summed E-state index contributed by atoms with van der Waals surface area (Å²) in [6.45, 7) is 1.50. The van der Waals surface area contributed by atoms with Gasteiger partial charge in [-0.25, -0.2) is 4.79 Å². The molecule has 0 heterocycles. The number of rotatable bonds is 2. The van der Waals surface area contributed by atoms with Crippen LogP contribution < -0.4 is 0 Å². The number of aliphatic carboxylic acids is 2. The van der Waals surface area contributed by atoms with Gasteiger partial charge in [-0.05, 0) is 13.3 Å². The Bertz CT molecular complexity index is 486. The third-order valence-electron chi connectivity index (χ3n) is 2.08. The number of carboxylic acid groups (broad SMARTS) is 2. The summed E-state index contributed by atoms with van der Waals surface area (Å²) < 4.78 is 59.2. The Hall–Kier alpha value is -1.57. The van der Waals surface area contributed by atoms with Gasteiger partial charge in [0, 0.05) is 5.57 Å². The predicted molar refractivity (Wildman–Crippen MR) is 59.9 cm³/mol. The van der Waals surface area contributed by atoms with Crippen LogP contribution >= 0.6 is 7.81 Å². The Morgan fingerprint density at radius 3 is 1.90 bits per heavy atom. The molecule has 11 heteroatoms. The van der Waals surface area contributed by atoms with Gasteiger partial charge < -0.3 is 10.2 Å². The molecule has 2 N–H and O–H groups in total. The van der Waals surface area contributed by atoms with Crippen molar-refractivity contribution in [1.29, 1.82) is 0 Å². The van der Waals surface area contributed by atoms with Crippen molar-refractivity contribution in [3.63, 3.8) is 0 Å². The van der Waals surface area contributed by atoms with E-state index in [0.717, 1.165) is 0 Å².